The van der Waals surface area contributed by atoms with Crippen molar-refractivity contribution in [2.24, 2.45) is 0 Å². The van der Waals surface area contributed by atoms with Gasteiger partial charge in [0.25, 0.3) is 0 Å². The molecule has 0 fully saturated rings. The second-order valence-electron chi connectivity index (χ2n) is 3.56. The summed E-state index contributed by atoms with van der Waals surface area (Å²) in [6.07, 6.45) is 0. The third kappa shape index (κ3) is 13.3. The summed E-state index contributed by atoms with van der Waals surface area (Å²) in [6.45, 7) is 4.18. The minimum Gasteiger partial charge on any atom is -0.226 e. The quantitative estimate of drug-likeness (QED) is 0.397. The molecule has 0 aliphatic rings. The van der Waals surface area contributed by atoms with Gasteiger partial charge in [-0.05, 0) is 0 Å². The maximum atomic E-state index is 3.22. The van der Waals surface area contributed by atoms with Crippen LogP contribution in [0.3, 0.4) is 0 Å². The van der Waals surface area contributed by atoms with E-state index in [9.17, 15) is 0 Å². The molecule has 88 valence electrons. The van der Waals surface area contributed by atoms with E-state index in [1.165, 1.54) is 11.1 Å². The average Bonchev–Trinajstić information content (AvgIpc) is 2.18. The second kappa shape index (κ2) is 20.4. The number of benzene rings is 2. The first kappa shape index (κ1) is 36.1. The Morgan fingerprint density at radius 3 is 1.15 bits per heavy atom. The average molecular weight is 714 g/mol. The van der Waals surface area contributed by atoms with Crippen molar-refractivity contribution in [1.82, 2.24) is 0 Å². The monoisotopic (exact) mass is 714 g/mol. The molecule has 0 aliphatic heterocycles. The molecular formula is C14H12Y6-2. The van der Waals surface area contributed by atoms with Crippen LogP contribution in [0.2, 0.25) is 0 Å². The van der Waals surface area contributed by atoms with Gasteiger partial charge in [0.05, 0.1) is 0 Å². The maximum Gasteiger partial charge on any atom is 0 e. The molecule has 0 saturated carbocycles. The van der Waals surface area contributed by atoms with Crippen LogP contribution >= 0.6 is 0 Å². The Hall–Kier alpha value is 5.06. The Labute approximate surface area is 274 Å². The predicted molar refractivity (Wildman–Crippen MR) is 59.0 cm³/mol. The molecular weight excluding hydrogens is 702 g/mol. The van der Waals surface area contributed by atoms with Gasteiger partial charge in [-0.1, -0.05) is 13.8 Å². The maximum absolute atomic E-state index is 3.22. The smallest absolute Gasteiger partial charge is 0 e. The van der Waals surface area contributed by atoms with E-state index in [-0.39, 0.29) is 196 Å². The van der Waals surface area contributed by atoms with Crippen LogP contribution in [0.15, 0.2) is 36.4 Å². The molecule has 20 heavy (non-hydrogen) atoms. The standard InChI is InChI=1S/C14H12.6Y/c1-11-5-3-7-13(9-11)14-8-4-6-12(2)10-14;;;;;;/h3-6,9-10H,1-2H3;;;;;;/q-2;;;;;;. The minimum absolute atomic E-state index is 0. The molecule has 0 aromatic heterocycles. The van der Waals surface area contributed by atoms with Crippen molar-refractivity contribution in [3.63, 3.8) is 0 Å². The fraction of sp³-hybridized carbons (Fsp3) is 0.143. The second-order valence-corrected chi connectivity index (χ2v) is 3.56. The predicted octanol–water partition coefficient (Wildman–Crippen LogP) is 3.56. The van der Waals surface area contributed by atoms with Crippen LogP contribution in [-0.2, 0) is 196 Å². The summed E-state index contributed by atoms with van der Waals surface area (Å²) in [7, 11) is 0. The summed E-state index contributed by atoms with van der Waals surface area (Å²) < 4.78 is 0. The molecule has 0 spiro atoms. The molecule has 2 aromatic rings. The fourth-order valence-electron chi connectivity index (χ4n) is 1.47. The molecule has 6 radical (unpaired) electrons. The third-order valence-electron chi connectivity index (χ3n) is 2.20. The zero-order chi connectivity index (χ0) is 9.97. The van der Waals surface area contributed by atoms with Gasteiger partial charge in [-0.2, -0.15) is 36.4 Å². The van der Waals surface area contributed by atoms with E-state index in [0.29, 0.717) is 0 Å². The van der Waals surface area contributed by atoms with Crippen LogP contribution in [0.4, 0.5) is 0 Å². The Bertz CT molecular complexity index is 415. The third-order valence-corrected chi connectivity index (χ3v) is 2.20. The van der Waals surface area contributed by atoms with Crippen molar-refractivity contribution in [3.05, 3.63) is 59.7 Å². The Balaban J connectivity index is -0.000000125. The van der Waals surface area contributed by atoms with Gasteiger partial charge in [0.15, 0.2) is 0 Å². The largest absolute Gasteiger partial charge is 0.226 e. The molecule has 6 heteroatoms. The fourth-order valence-corrected chi connectivity index (χ4v) is 1.47. The van der Waals surface area contributed by atoms with Crippen molar-refractivity contribution in [3.8, 4) is 11.1 Å². The van der Waals surface area contributed by atoms with Crippen LogP contribution in [0.5, 0.6) is 0 Å². The summed E-state index contributed by atoms with van der Waals surface area (Å²) in [4.78, 5) is 0. The van der Waals surface area contributed by atoms with Crippen LogP contribution < -0.4 is 0 Å². The van der Waals surface area contributed by atoms with Gasteiger partial charge in [-0.3, -0.25) is 0 Å². The van der Waals surface area contributed by atoms with Crippen molar-refractivity contribution < 1.29 is 196 Å². The van der Waals surface area contributed by atoms with Crippen molar-refractivity contribution in [1.29, 1.82) is 0 Å². The van der Waals surface area contributed by atoms with E-state index in [1.807, 2.05) is 12.1 Å². The summed E-state index contributed by atoms with van der Waals surface area (Å²) in [5.41, 5.74) is 4.75. The van der Waals surface area contributed by atoms with Crippen molar-refractivity contribution in [2.75, 3.05) is 0 Å². The number of hydrogen-bond acceptors (Lipinski definition) is 0. The number of aryl methyl sites for hydroxylation is 2. The van der Waals surface area contributed by atoms with Crippen LogP contribution in [-0.4, -0.2) is 0 Å². The SMILES string of the molecule is Cc1cc[c-]c(-c2[c-]ccc(C)c2)c1.[Y].[Y].[Y].[Y].[Y].[Y]. The molecule has 2 aromatic carbocycles. The van der Waals surface area contributed by atoms with Crippen LogP contribution in [0.25, 0.3) is 11.1 Å². The summed E-state index contributed by atoms with van der Waals surface area (Å²) in [6, 6.07) is 18.7. The van der Waals surface area contributed by atoms with Crippen LogP contribution in [0, 0.1) is 26.0 Å². The van der Waals surface area contributed by atoms with E-state index in [2.05, 4.69) is 50.2 Å². The molecule has 0 N–H and O–H groups in total. The Morgan fingerprint density at radius 1 is 0.600 bits per heavy atom. The first-order chi connectivity index (χ1) is 6.75. The van der Waals surface area contributed by atoms with Gasteiger partial charge >= 0.3 is 0 Å². The van der Waals surface area contributed by atoms with E-state index >= 15 is 0 Å². The van der Waals surface area contributed by atoms with E-state index in [1.54, 1.807) is 0 Å². The molecule has 0 nitrogen and oxygen atoms in total. The molecule has 0 aliphatic carbocycles. The molecule has 2 rings (SSSR count). The van der Waals surface area contributed by atoms with Gasteiger partial charge in [0.1, 0.15) is 0 Å². The van der Waals surface area contributed by atoms with E-state index in [0.717, 1.165) is 11.1 Å². The number of rotatable bonds is 1. The van der Waals surface area contributed by atoms with Gasteiger partial charge in [-0.15, -0.1) is 23.3 Å². The zero-order valence-corrected chi connectivity index (χ0v) is 29.0. The zero-order valence-electron chi connectivity index (χ0n) is 11.9. The normalized spacial score (nSPS) is 7.10. The first-order valence-corrected chi connectivity index (χ1v) is 4.73. The van der Waals surface area contributed by atoms with Crippen molar-refractivity contribution in [2.45, 2.75) is 13.8 Å². The van der Waals surface area contributed by atoms with Gasteiger partial charge in [0.2, 0.25) is 0 Å². The summed E-state index contributed by atoms with van der Waals surface area (Å²) in [5.74, 6) is 0. The number of hydrogen-bond donors (Lipinski definition) is 0. The molecule has 0 atom stereocenters. The topological polar surface area (TPSA) is 0 Å². The van der Waals surface area contributed by atoms with Crippen LogP contribution in [0.1, 0.15) is 11.1 Å². The molecule has 0 saturated heterocycles. The van der Waals surface area contributed by atoms with E-state index in [4.69, 9.17) is 0 Å². The Kier molecular flexibility index (Phi) is 36.7. The van der Waals surface area contributed by atoms with Gasteiger partial charge in [0, 0.05) is 196 Å². The molecule has 0 heterocycles. The van der Waals surface area contributed by atoms with Gasteiger partial charge < -0.3 is 0 Å². The van der Waals surface area contributed by atoms with Gasteiger partial charge in [-0.25, -0.2) is 11.1 Å². The van der Waals surface area contributed by atoms with E-state index < -0.39 is 0 Å². The molecule has 0 bridgehead atoms. The summed E-state index contributed by atoms with van der Waals surface area (Å²) in [5, 5.41) is 0. The molecule has 0 amide bonds. The molecule has 0 unspecified atom stereocenters. The van der Waals surface area contributed by atoms with Crippen molar-refractivity contribution >= 4 is 0 Å². The minimum atomic E-state index is 0. The first-order valence-electron chi connectivity index (χ1n) is 4.73. The Morgan fingerprint density at radius 2 is 0.900 bits per heavy atom. The summed E-state index contributed by atoms with van der Waals surface area (Å²) >= 11 is 0.